The van der Waals surface area contributed by atoms with Crippen LogP contribution in [0.25, 0.3) is 77.3 Å². The molecular formula is C60H42N2O2. The Hall–Kier alpha value is -8.34. The van der Waals surface area contributed by atoms with Crippen LogP contribution in [-0.4, -0.2) is 0 Å². The van der Waals surface area contributed by atoms with Gasteiger partial charge in [0.15, 0.2) is 11.2 Å². The molecule has 2 aromatic heterocycles. The van der Waals surface area contributed by atoms with Crippen LogP contribution in [0.2, 0.25) is 0 Å². The van der Waals surface area contributed by atoms with Crippen molar-refractivity contribution in [3.8, 4) is 33.4 Å². The molecule has 0 unspecified atom stereocenters. The van der Waals surface area contributed by atoms with E-state index in [0.29, 0.717) is 0 Å². The van der Waals surface area contributed by atoms with Crippen molar-refractivity contribution in [2.24, 2.45) is 0 Å². The van der Waals surface area contributed by atoms with Crippen LogP contribution in [0.4, 0.5) is 28.4 Å². The summed E-state index contributed by atoms with van der Waals surface area (Å²) in [7, 11) is 0. The standard InChI is InChI=1S/C60H42N2O2/c1-3-13-47(14-4-1)61(55-21-11-19-53-51-17-7-9-23-57(51)63-59(53)55)49-37-33-45(34-38-49)43-29-25-41(26-30-43)42-27-31-44(32-28-42)46-35-39-50(40-36-46)62(48-15-5-2-6-16-48)56-22-12-20-54-52-18-8-10-24-58(52)64-60(54)56/h1,3-5,7-40H,2,6H2. The second-order valence-electron chi connectivity index (χ2n) is 16.4. The predicted molar refractivity (Wildman–Crippen MR) is 267 cm³/mol. The number of anilines is 5. The highest BCUT2D eigenvalue weighted by atomic mass is 16.3. The van der Waals surface area contributed by atoms with E-state index in [1.54, 1.807) is 0 Å². The number of fused-ring (bicyclic) bond motifs is 6. The molecule has 4 heteroatoms. The zero-order valence-electron chi connectivity index (χ0n) is 35.1. The van der Waals surface area contributed by atoms with Gasteiger partial charge in [-0.2, -0.15) is 0 Å². The Morgan fingerprint density at radius 1 is 0.312 bits per heavy atom. The summed E-state index contributed by atoms with van der Waals surface area (Å²) in [4.78, 5) is 4.61. The Bertz CT molecular complexity index is 3520. The number of hydrogen-bond acceptors (Lipinski definition) is 4. The molecule has 12 rings (SSSR count). The van der Waals surface area contributed by atoms with Crippen molar-refractivity contribution in [2.45, 2.75) is 12.8 Å². The van der Waals surface area contributed by atoms with E-state index in [9.17, 15) is 0 Å². The molecule has 1 aliphatic carbocycles. The van der Waals surface area contributed by atoms with E-state index in [1.165, 1.54) is 27.8 Å². The molecule has 0 atom stereocenters. The van der Waals surface area contributed by atoms with Crippen molar-refractivity contribution in [3.05, 3.63) is 236 Å². The highest BCUT2D eigenvalue weighted by molar-refractivity contribution is 6.11. The van der Waals surface area contributed by atoms with Crippen molar-refractivity contribution >= 4 is 72.3 Å². The van der Waals surface area contributed by atoms with Crippen LogP contribution in [0.5, 0.6) is 0 Å². The summed E-state index contributed by atoms with van der Waals surface area (Å²) < 4.78 is 13.0. The predicted octanol–water partition coefficient (Wildman–Crippen LogP) is 17.3. The number of rotatable bonds is 9. The third kappa shape index (κ3) is 6.64. The van der Waals surface area contributed by atoms with Gasteiger partial charge in [0.05, 0.1) is 11.4 Å². The molecule has 0 aliphatic heterocycles. The molecule has 1 aliphatic rings. The summed E-state index contributed by atoms with van der Waals surface area (Å²) in [5.41, 5.74) is 17.0. The topological polar surface area (TPSA) is 32.8 Å². The van der Waals surface area contributed by atoms with Crippen LogP contribution in [-0.2, 0) is 0 Å². The van der Waals surface area contributed by atoms with Crippen LogP contribution in [0, 0.1) is 0 Å². The number of allylic oxidation sites excluding steroid dienone is 3. The van der Waals surface area contributed by atoms with Crippen LogP contribution >= 0.6 is 0 Å². The van der Waals surface area contributed by atoms with Gasteiger partial charge in [-0.3, -0.25) is 0 Å². The molecule has 4 nitrogen and oxygen atoms in total. The molecule has 0 bridgehead atoms. The van der Waals surface area contributed by atoms with Gasteiger partial charge in [0.25, 0.3) is 0 Å². The van der Waals surface area contributed by atoms with Crippen LogP contribution in [0.1, 0.15) is 12.8 Å². The molecule has 0 saturated heterocycles. The van der Waals surface area contributed by atoms with Gasteiger partial charge < -0.3 is 18.6 Å². The Balaban J connectivity index is 0.794. The van der Waals surface area contributed by atoms with Crippen molar-refractivity contribution in [3.63, 3.8) is 0 Å². The summed E-state index contributed by atoms with van der Waals surface area (Å²) in [5, 5.41) is 4.49. The van der Waals surface area contributed by atoms with E-state index in [1.807, 2.05) is 24.3 Å². The van der Waals surface area contributed by atoms with Gasteiger partial charge in [0.2, 0.25) is 0 Å². The third-order valence-electron chi connectivity index (χ3n) is 12.5. The van der Waals surface area contributed by atoms with Crippen molar-refractivity contribution in [2.75, 3.05) is 9.80 Å². The van der Waals surface area contributed by atoms with Gasteiger partial charge in [-0.05, 0) is 113 Å². The molecule has 0 fully saturated rings. The van der Waals surface area contributed by atoms with E-state index in [0.717, 1.165) is 96.4 Å². The van der Waals surface area contributed by atoms with Gasteiger partial charge >= 0.3 is 0 Å². The maximum absolute atomic E-state index is 6.51. The van der Waals surface area contributed by atoms with Crippen LogP contribution in [0.15, 0.2) is 245 Å². The Labute approximate surface area is 371 Å². The molecule has 0 saturated carbocycles. The molecular weight excluding hydrogens is 781 g/mol. The first-order valence-electron chi connectivity index (χ1n) is 22.0. The molecule has 0 spiro atoms. The minimum absolute atomic E-state index is 0.875. The lowest BCUT2D eigenvalue weighted by molar-refractivity contribution is 0.668. The van der Waals surface area contributed by atoms with Crippen molar-refractivity contribution < 1.29 is 8.83 Å². The second kappa shape index (κ2) is 15.8. The number of hydrogen-bond donors (Lipinski definition) is 0. The summed E-state index contributed by atoms with van der Waals surface area (Å²) in [6.45, 7) is 0. The largest absolute Gasteiger partial charge is 0.454 e. The number of nitrogens with zero attached hydrogens (tertiary/aromatic N) is 2. The van der Waals surface area contributed by atoms with E-state index in [2.05, 4.69) is 216 Å². The van der Waals surface area contributed by atoms with Gasteiger partial charge in [0, 0.05) is 44.3 Å². The first kappa shape index (κ1) is 37.4. The normalized spacial score (nSPS) is 12.6. The van der Waals surface area contributed by atoms with Crippen LogP contribution in [0.3, 0.4) is 0 Å². The average Bonchev–Trinajstić information content (AvgIpc) is 3.95. The lowest BCUT2D eigenvalue weighted by Gasteiger charge is -2.27. The van der Waals surface area contributed by atoms with E-state index in [4.69, 9.17) is 8.83 Å². The quantitative estimate of drug-likeness (QED) is 0.145. The fourth-order valence-electron chi connectivity index (χ4n) is 9.33. The number of benzene rings is 9. The Morgan fingerprint density at radius 2 is 0.703 bits per heavy atom. The van der Waals surface area contributed by atoms with Crippen molar-refractivity contribution in [1.82, 2.24) is 0 Å². The SMILES string of the molecule is C1=CC(N(c2ccc(-c3ccc(-c4ccc(-c5ccc(N(c6ccccc6)c6cccc7c6oc6ccccc67)cc5)cc4)cc3)cc2)c2cccc3c2oc2ccccc23)=CCC1. The van der Waals surface area contributed by atoms with Gasteiger partial charge in [0.1, 0.15) is 11.2 Å². The fourth-order valence-corrected chi connectivity index (χ4v) is 9.33. The molecule has 0 N–H and O–H groups in total. The maximum atomic E-state index is 6.51. The van der Waals surface area contributed by atoms with Crippen LogP contribution < -0.4 is 9.80 Å². The first-order chi connectivity index (χ1) is 31.7. The Morgan fingerprint density at radius 3 is 1.17 bits per heavy atom. The minimum Gasteiger partial charge on any atom is -0.454 e. The maximum Gasteiger partial charge on any atom is 0.159 e. The van der Waals surface area contributed by atoms with E-state index in [-0.39, 0.29) is 0 Å². The smallest absolute Gasteiger partial charge is 0.159 e. The summed E-state index contributed by atoms with van der Waals surface area (Å²) in [6, 6.07) is 75.3. The van der Waals surface area contributed by atoms with Crippen molar-refractivity contribution in [1.29, 1.82) is 0 Å². The lowest BCUT2D eigenvalue weighted by Crippen LogP contribution is -2.16. The Kier molecular flexibility index (Phi) is 9.27. The van der Waals surface area contributed by atoms with Gasteiger partial charge in [-0.15, -0.1) is 0 Å². The minimum atomic E-state index is 0.875. The lowest BCUT2D eigenvalue weighted by atomic mass is 9.97. The zero-order valence-corrected chi connectivity index (χ0v) is 35.1. The molecule has 9 aromatic carbocycles. The summed E-state index contributed by atoms with van der Waals surface area (Å²) in [5.74, 6) is 0. The third-order valence-corrected chi connectivity index (χ3v) is 12.5. The van der Waals surface area contributed by atoms with E-state index < -0.39 is 0 Å². The zero-order chi connectivity index (χ0) is 42.4. The molecule has 64 heavy (non-hydrogen) atoms. The molecule has 0 radical (unpaired) electrons. The molecule has 11 aromatic rings. The molecule has 304 valence electrons. The molecule has 0 amide bonds. The van der Waals surface area contributed by atoms with E-state index >= 15 is 0 Å². The van der Waals surface area contributed by atoms with Gasteiger partial charge in [-0.1, -0.05) is 164 Å². The fraction of sp³-hybridized carbons (Fsp3) is 0.0333. The monoisotopic (exact) mass is 822 g/mol. The first-order valence-corrected chi connectivity index (χ1v) is 22.0. The number of para-hydroxylation sites is 5. The molecule has 2 heterocycles. The summed E-state index contributed by atoms with van der Waals surface area (Å²) >= 11 is 0. The average molecular weight is 823 g/mol. The number of furan rings is 2. The highest BCUT2D eigenvalue weighted by Gasteiger charge is 2.22. The second-order valence-corrected chi connectivity index (χ2v) is 16.4. The summed E-state index contributed by atoms with van der Waals surface area (Å²) in [6.07, 6.45) is 8.87. The van der Waals surface area contributed by atoms with Gasteiger partial charge in [-0.25, -0.2) is 0 Å². The highest BCUT2D eigenvalue weighted by Crippen LogP contribution is 2.44.